The standard InChI is InChI=1S/C21H17ClN4O/c1-13-20(14(2)26(25-13)18-10-6-4-8-16(18)22)21(27)24-19-12-11-15-7-3-5-9-17(15)23-19/h3-12H,1-2H3,(H,23,24,27). The zero-order valence-electron chi connectivity index (χ0n) is 14.9. The first-order chi connectivity index (χ1) is 13.0. The van der Waals surface area contributed by atoms with Crippen molar-refractivity contribution in [2.24, 2.45) is 0 Å². The lowest BCUT2D eigenvalue weighted by molar-refractivity contribution is 0.102. The molecule has 0 aliphatic rings. The number of carbonyl (C=O) groups excluding carboxylic acids is 1. The fraction of sp³-hybridized carbons (Fsp3) is 0.0952. The predicted molar refractivity (Wildman–Crippen MR) is 108 cm³/mol. The van der Waals surface area contributed by atoms with Crippen LogP contribution in [-0.2, 0) is 0 Å². The Balaban J connectivity index is 1.68. The van der Waals surface area contributed by atoms with E-state index >= 15 is 0 Å². The van der Waals surface area contributed by atoms with Crippen molar-refractivity contribution in [2.75, 3.05) is 5.32 Å². The van der Waals surface area contributed by atoms with E-state index in [-0.39, 0.29) is 5.91 Å². The van der Waals surface area contributed by atoms with E-state index in [1.807, 2.05) is 62.4 Å². The fourth-order valence-electron chi connectivity index (χ4n) is 3.14. The summed E-state index contributed by atoms with van der Waals surface area (Å²) in [5.74, 6) is 0.258. The molecular formula is C21H17ClN4O. The van der Waals surface area contributed by atoms with Crippen LogP contribution in [0, 0.1) is 13.8 Å². The van der Waals surface area contributed by atoms with Crippen molar-refractivity contribution >= 4 is 34.2 Å². The van der Waals surface area contributed by atoms with Gasteiger partial charge in [-0.15, -0.1) is 0 Å². The van der Waals surface area contributed by atoms with Gasteiger partial charge >= 0.3 is 0 Å². The van der Waals surface area contributed by atoms with Crippen molar-refractivity contribution in [1.29, 1.82) is 0 Å². The van der Waals surface area contributed by atoms with E-state index in [1.165, 1.54) is 0 Å². The average molecular weight is 377 g/mol. The van der Waals surface area contributed by atoms with E-state index < -0.39 is 0 Å². The Morgan fingerprint density at radius 1 is 1.00 bits per heavy atom. The molecule has 4 aromatic rings. The summed E-state index contributed by atoms with van der Waals surface area (Å²) in [6, 6.07) is 18.9. The number of nitrogens with zero attached hydrogens (tertiary/aromatic N) is 3. The summed E-state index contributed by atoms with van der Waals surface area (Å²) in [6.45, 7) is 3.66. The number of amides is 1. The summed E-state index contributed by atoms with van der Waals surface area (Å²) in [5.41, 5.74) is 3.44. The summed E-state index contributed by atoms with van der Waals surface area (Å²) < 4.78 is 1.69. The molecule has 27 heavy (non-hydrogen) atoms. The first-order valence-electron chi connectivity index (χ1n) is 8.53. The van der Waals surface area contributed by atoms with E-state index in [4.69, 9.17) is 11.6 Å². The van der Waals surface area contributed by atoms with Gasteiger partial charge in [0.15, 0.2) is 0 Å². The van der Waals surface area contributed by atoms with Gasteiger partial charge in [-0.1, -0.05) is 41.9 Å². The molecule has 4 rings (SSSR count). The number of benzene rings is 2. The largest absolute Gasteiger partial charge is 0.306 e. The van der Waals surface area contributed by atoms with Crippen LogP contribution in [0.25, 0.3) is 16.6 Å². The van der Waals surface area contributed by atoms with Crippen molar-refractivity contribution in [3.05, 3.63) is 82.6 Å². The number of fused-ring (bicyclic) bond motifs is 1. The maximum atomic E-state index is 12.9. The van der Waals surface area contributed by atoms with Gasteiger partial charge in [-0.05, 0) is 44.2 Å². The van der Waals surface area contributed by atoms with Crippen LogP contribution in [0.1, 0.15) is 21.7 Å². The Kier molecular flexibility index (Phi) is 4.38. The van der Waals surface area contributed by atoms with Crippen LogP contribution >= 0.6 is 11.6 Å². The molecule has 0 unspecified atom stereocenters. The van der Waals surface area contributed by atoms with Crippen LogP contribution in [0.3, 0.4) is 0 Å². The summed E-state index contributed by atoms with van der Waals surface area (Å²) in [6.07, 6.45) is 0. The molecule has 0 fully saturated rings. The van der Waals surface area contributed by atoms with E-state index in [0.717, 1.165) is 22.3 Å². The van der Waals surface area contributed by atoms with Crippen LogP contribution in [0.5, 0.6) is 0 Å². The van der Waals surface area contributed by atoms with Crippen LogP contribution < -0.4 is 5.32 Å². The number of rotatable bonds is 3. The van der Waals surface area contributed by atoms with Gasteiger partial charge in [0.25, 0.3) is 5.91 Å². The third-order valence-corrected chi connectivity index (χ3v) is 4.76. The number of hydrogen-bond acceptors (Lipinski definition) is 3. The lowest BCUT2D eigenvalue weighted by atomic mass is 10.1. The Hall–Kier alpha value is -3.18. The molecule has 0 saturated heterocycles. The maximum absolute atomic E-state index is 12.9. The molecule has 6 heteroatoms. The lowest BCUT2D eigenvalue weighted by Crippen LogP contribution is -2.15. The highest BCUT2D eigenvalue weighted by Gasteiger charge is 2.20. The Morgan fingerprint density at radius 2 is 1.74 bits per heavy atom. The van der Waals surface area contributed by atoms with Gasteiger partial charge in [-0.25, -0.2) is 9.67 Å². The summed E-state index contributed by atoms with van der Waals surface area (Å²) >= 11 is 6.29. The summed E-state index contributed by atoms with van der Waals surface area (Å²) in [5, 5.41) is 8.98. The number of aryl methyl sites for hydroxylation is 1. The van der Waals surface area contributed by atoms with E-state index in [1.54, 1.807) is 16.8 Å². The number of anilines is 1. The summed E-state index contributed by atoms with van der Waals surface area (Å²) in [7, 11) is 0. The molecule has 0 aliphatic carbocycles. The smallest absolute Gasteiger partial charge is 0.260 e. The Morgan fingerprint density at radius 3 is 2.56 bits per heavy atom. The van der Waals surface area contributed by atoms with Crippen molar-refractivity contribution in [2.45, 2.75) is 13.8 Å². The molecule has 134 valence electrons. The zero-order valence-corrected chi connectivity index (χ0v) is 15.7. The molecule has 0 radical (unpaired) electrons. The van der Waals surface area contributed by atoms with Gasteiger partial charge in [-0.2, -0.15) is 5.10 Å². The zero-order chi connectivity index (χ0) is 19.0. The van der Waals surface area contributed by atoms with Gasteiger partial charge in [0.1, 0.15) is 5.82 Å². The third-order valence-electron chi connectivity index (χ3n) is 4.44. The highest BCUT2D eigenvalue weighted by atomic mass is 35.5. The second-order valence-electron chi connectivity index (χ2n) is 6.25. The Labute approximate surface area is 161 Å². The highest BCUT2D eigenvalue weighted by molar-refractivity contribution is 6.32. The van der Waals surface area contributed by atoms with E-state index in [0.29, 0.717) is 22.1 Å². The molecule has 2 aromatic heterocycles. The molecule has 0 aliphatic heterocycles. The second kappa shape index (κ2) is 6.85. The van der Waals surface area contributed by atoms with Gasteiger partial charge < -0.3 is 5.32 Å². The second-order valence-corrected chi connectivity index (χ2v) is 6.66. The number of para-hydroxylation sites is 2. The quantitative estimate of drug-likeness (QED) is 0.550. The fourth-order valence-corrected chi connectivity index (χ4v) is 3.36. The van der Waals surface area contributed by atoms with Crippen molar-refractivity contribution in [1.82, 2.24) is 14.8 Å². The van der Waals surface area contributed by atoms with Crippen molar-refractivity contribution in [3.63, 3.8) is 0 Å². The SMILES string of the molecule is Cc1nn(-c2ccccc2Cl)c(C)c1C(=O)Nc1ccc2ccccc2n1. The van der Waals surface area contributed by atoms with Gasteiger partial charge in [0.05, 0.1) is 33.2 Å². The average Bonchev–Trinajstić information content (AvgIpc) is 2.96. The molecule has 5 nitrogen and oxygen atoms in total. The minimum Gasteiger partial charge on any atom is -0.306 e. The molecule has 0 atom stereocenters. The number of carbonyl (C=O) groups is 1. The molecule has 0 saturated carbocycles. The van der Waals surface area contributed by atoms with Crippen LogP contribution in [0.2, 0.25) is 5.02 Å². The lowest BCUT2D eigenvalue weighted by Gasteiger charge is -2.08. The number of pyridine rings is 1. The molecule has 0 bridgehead atoms. The number of aromatic nitrogens is 3. The monoisotopic (exact) mass is 376 g/mol. The minimum atomic E-state index is -0.244. The number of nitrogens with one attached hydrogen (secondary N) is 1. The van der Waals surface area contributed by atoms with Crippen molar-refractivity contribution < 1.29 is 4.79 Å². The number of halogens is 1. The molecular weight excluding hydrogens is 360 g/mol. The number of hydrogen-bond donors (Lipinski definition) is 1. The molecule has 1 N–H and O–H groups in total. The van der Waals surface area contributed by atoms with Crippen LogP contribution in [0.4, 0.5) is 5.82 Å². The molecule has 0 spiro atoms. The van der Waals surface area contributed by atoms with Gasteiger partial charge in [0, 0.05) is 5.39 Å². The van der Waals surface area contributed by atoms with E-state index in [9.17, 15) is 4.79 Å². The van der Waals surface area contributed by atoms with E-state index in [2.05, 4.69) is 15.4 Å². The normalized spacial score (nSPS) is 10.9. The molecule has 1 amide bonds. The summed E-state index contributed by atoms with van der Waals surface area (Å²) in [4.78, 5) is 17.4. The first kappa shape index (κ1) is 17.2. The van der Waals surface area contributed by atoms with Gasteiger partial charge in [0.2, 0.25) is 0 Å². The highest BCUT2D eigenvalue weighted by Crippen LogP contribution is 2.24. The Bertz CT molecular complexity index is 1170. The maximum Gasteiger partial charge on any atom is 0.260 e. The topological polar surface area (TPSA) is 59.8 Å². The third kappa shape index (κ3) is 3.17. The van der Waals surface area contributed by atoms with Crippen LogP contribution in [-0.4, -0.2) is 20.7 Å². The van der Waals surface area contributed by atoms with Crippen LogP contribution in [0.15, 0.2) is 60.7 Å². The first-order valence-corrected chi connectivity index (χ1v) is 8.90. The minimum absolute atomic E-state index is 0.244. The molecule has 2 heterocycles. The predicted octanol–water partition coefficient (Wildman–Crippen LogP) is 4.94. The van der Waals surface area contributed by atoms with Gasteiger partial charge in [-0.3, -0.25) is 4.79 Å². The van der Waals surface area contributed by atoms with Crippen molar-refractivity contribution in [3.8, 4) is 5.69 Å². The molecule has 2 aromatic carbocycles.